The third kappa shape index (κ3) is 4.82. The van der Waals surface area contributed by atoms with E-state index in [1.54, 1.807) is 6.92 Å². The molecule has 0 amide bonds. The van der Waals surface area contributed by atoms with Crippen molar-refractivity contribution in [3.63, 3.8) is 0 Å². The van der Waals surface area contributed by atoms with Gasteiger partial charge in [-0.3, -0.25) is 14.4 Å². The monoisotopic (exact) mass is 502 g/mol. The van der Waals surface area contributed by atoms with E-state index in [2.05, 4.69) is 0 Å². The number of rotatable bonds is 7. The Morgan fingerprint density at radius 3 is 2.53 bits per heavy atom. The number of hydrogen-bond acceptors (Lipinski definition) is 8. The quantitative estimate of drug-likeness (QED) is 0.316. The molecule has 1 heterocycles. The number of benzene rings is 1. The van der Waals surface area contributed by atoms with Crippen LogP contribution in [0, 0.1) is 0 Å². The molecule has 32 heavy (non-hydrogen) atoms. The predicted molar refractivity (Wildman–Crippen MR) is 117 cm³/mol. The minimum atomic E-state index is -4.08. The smallest absolute Gasteiger partial charge is 0.306 e. The van der Waals surface area contributed by atoms with E-state index in [4.69, 9.17) is 16.3 Å². The summed E-state index contributed by atoms with van der Waals surface area (Å²) in [5, 5.41) is -0.0788. The van der Waals surface area contributed by atoms with E-state index >= 15 is 0 Å². The number of sulfone groups is 2. The zero-order valence-corrected chi connectivity index (χ0v) is 19.9. The summed E-state index contributed by atoms with van der Waals surface area (Å²) in [5.74, 6) is -2.75. The molecule has 0 bridgehead atoms. The standard InChI is InChI=1S/C21H23ClO8S2/c1-2-30-18(24)10-12-32(28,29)17-7-3-6-15(23)19(17)21(25)14-8-9-16-13(20(14)22)5-4-11-31(16,26)27/h8-9H,2-7,10-12H2,1H3. The number of fused-ring (bicyclic) bond motifs is 1. The summed E-state index contributed by atoms with van der Waals surface area (Å²) in [4.78, 5) is 37.3. The maximum atomic E-state index is 13.3. The Morgan fingerprint density at radius 1 is 1.12 bits per heavy atom. The van der Waals surface area contributed by atoms with Crippen LogP contribution in [0.1, 0.15) is 54.9 Å². The van der Waals surface area contributed by atoms with Crippen LogP contribution >= 0.6 is 11.6 Å². The maximum absolute atomic E-state index is 13.3. The van der Waals surface area contributed by atoms with Crippen LogP contribution in [0.3, 0.4) is 0 Å². The van der Waals surface area contributed by atoms with Crippen LogP contribution in [0.25, 0.3) is 0 Å². The lowest BCUT2D eigenvalue weighted by Gasteiger charge is -2.21. The fraction of sp³-hybridized carbons (Fsp3) is 0.476. The van der Waals surface area contributed by atoms with E-state index < -0.39 is 55.0 Å². The molecule has 1 aromatic rings. The fourth-order valence-electron chi connectivity index (χ4n) is 3.94. The summed E-state index contributed by atoms with van der Waals surface area (Å²) in [6.45, 7) is 1.70. The molecular formula is C21H23ClO8S2. The first-order valence-electron chi connectivity index (χ1n) is 10.2. The van der Waals surface area contributed by atoms with E-state index in [9.17, 15) is 31.2 Å². The van der Waals surface area contributed by atoms with Gasteiger partial charge in [-0.05, 0) is 50.3 Å². The zero-order chi connectivity index (χ0) is 23.7. The highest BCUT2D eigenvalue weighted by Crippen LogP contribution is 2.36. The van der Waals surface area contributed by atoms with Gasteiger partial charge >= 0.3 is 5.97 Å². The van der Waals surface area contributed by atoms with E-state index in [1.807, 2.05) is 0 Å². The second-order valence-corrected chi connectivity index (χ2v) is 12.2. The van der Waals surface area contributed by atoms with Crippen molar-refractivity contribution in [1.82, 2.24) is 0 Å². The van der Waals surface area contributed by atoms with Gasteiger partial charge in [0.15, 0.2) is 31.2 Å². The van der Waals surface area contributed by atoms with Crippen molar-refractivity contribution in [1.29, 1.82) is 0 Å². The Hall–Kier alpha value is -2.04. The number of Topliss-reactive ketones (excluding diaryl/α,β-unsaturated/α-hetero) is 2. The van der Waals surface area contributed by atoms with Crippen LogP contribution in [0.2, 0.25) is 5.02 Å². The number of esters is 1. The van der Waals surface area contributed by atoms with E-state index in [1.165, 1.54) is 12.1 Å². The second kappa shape index (κ2) is 9.44. The van der Waals surface area contributed by atoms with Crippen molar-refractivity contribution >= 4 is 48.8 Å². The van der Waals surface area contributed by atoms with Crippen molar-refractivity contribution in [2.75, 3.05) is 18.1 Å². The topological polar surface area (TPSA) is 129 Å². The van der Waals surface area contributed by atoms with Crippen LogP contribution in [0.4, 0.5) is 0 Å². The van der Waals surface area contributed by atoms with Crippen molar-refractivity contribution < 1.29 is 36.0 Å². The minimum absolute atomic E-state index is 0.00505. The van der Waals surface area contributed by atoms with E-state index in [-0.39, 0.29) is 52.0 Å². The summed E-state index contributed by atoms with van der Waals surface area (Å²) in [5.41, 5.74) is -0.258. The van der Waals surface area contributed by atoms with Crippen LogP contribution in [0.15, 0.2) is 27.5 Å². The molecule has 11 heteroatoms. The normalized spacial score (nSPS) is 18.2. The number of ether oxygens (including phenoxy) is 1. The fourth-order valence-corrected chi connectivity index (χ4v) is 7.60. The number of carbonyl (C=O) groups excluding carboxylic acids is 3. The number of hydrogen-bond donors (Lipinski definition) is 0. The van der Waals surface area contributed by atoms with E-state index in [0.717, 1.165) is 0 Å². The first-order valence-corrected chi connectivity index (χ1v) is 13.9. The predicted octanol–water partition coefficient (Wildman–Crippen LogP) is 2.62. The van der Waals surface area contributed by atoms with Crippen LogP contribution in [0.5, 0.6) is 0 Å². The van der Waals surface area contributed by atoms with Gasteiger partial charge in [0.1, 0.15) is 0 Å². The van der Waals surface area contributed by atoms with E-state index in [0.29, 0.717) is 18.4 Å². The van der Waals surface area contributed by atoms with Crippen molar-refractivity contribution in [2.24, 2.45) is 0 Å². The molecule has 0 fully saturated rings. The lowest BCUT2D eigenvalue weighted by molar-refractivity contribution is -0.142. The zero-order valence-electron chi connectivity index (χ0n) is 17.5. The second-order valence-electron chi connectivity index (χ2n) is 7.60. The Labute approximate surface area is 191 Å². The number of carbonyl (C=O) groups is 3. The molecule has 1 aliphatic heterocycles. The molecule has 0 saturated heterocycles. The Kier molecular flexibility index (Phi) is 7.26. The van der Waals surface area contributed by atoms with Crippen molar-refractivity contribution in [3.8, 4) is 0 Å². The molecule has 3 rings (SSSR count). The molecule has 0 spiro atoms. The van der Waals surface area contributed by atoms with Gasteiger partial charge in [0, 0.05) is 12.0 Å². The SMILES string of the molecule is CCOC(=O)CCS(=O)(=O)C1=C(C(=O)c2ccc3c(c2Cl)CCCS3(=O)=O)C(=O)CCC1. The third-order valence-corrected chi connectivity index (χ3v) is 9.68. The molecule has 0 saturated carbocycles. The van der Waals surface area contributed by atoms with Gasteiger partial charge < -0.3 is 4.74 Å². The van der Waals surface area contributed by atoms with Gasteiger partial charge in [0.05, 0.1) is 44.9 Å². The van der Waals surface area contributed by atoms with Gasteiger partial charge in [-0.25, -0.2) is 16.8 Å². The van der Waals surface area contributed by atoms with Crippen LogP contribution in [-0.2, 0) is 40.4 Å². The minimum Gasteiger partial charge on any atom is -0.466 e. The lowest BCUT2D eigenvalue weighted by atomic mass is 9.90. The average molecular weight is 503 g/mol. The maximum Gasteiger partial charge on any atom is 0.306 e. The summed E-state index contributed by atoms with van der Waals surface area (Å²) < 4.78 is 55.2. The summed E-state index contributed by atoms with van der Waals surface area (Å²) in [6.07, 6.45) is 0.574. The van der Waals surface area contributed by atoms with Gasteiger partial charge in [0.2, 0.25) is 0 Å². The molecule has 0 aromatic heterocycles. The van der Waals surface area contributed by atoms with Crippen molar-refractivity contribution in [3.05, 3.63) is 38.8 Å². The third-order valence-electron chi connectivity index (χ3n) is 5.47. The Bertz CT molecular complexity index is 1230. The molecule has 0 atom stereocenters. The highest BCUT2D eigenvalue weighted by atomic mass is 35.5. The van der Waals surface area contributed by atoms with Crippen LogP contribution < -0.4 is 0 Å². The van der Waals surface area contributed by atoms with Crippen molar-refractivity contribution in [2.45, 2.75) is 50.3 Å². The molecule has 174 valence electrons. The average Bonchev–Trinajstić information content (AvgIpc) is 2.72. The summed E-state index contributed by atoms with van der Waals surface area (Å²) in [7, 11) is -7.59. The Balaban J connectivity index is 2.05. The number of halogens is 1. The van der Waals surface area contributed by atoms with Gasteiger partial charge in [-0.2, -0.15) is 0 Å². The molecule has 0 unspecified atom stereocenters. The largest absolute Gasteiger partial charge is 0.466 e. The number of ketones is 2. The van der Waals surface area contributed by atoms with Gasteiger partial charge in [-0.15, -0.1) is 0 Å². The first kappa shape index (κ1) is 24.6. The molecule has 0 radical (unpaired) electrons. The first-order chi connectivity index (χ1) is 15.0. The Morgan fingerprint density at radius 2 is 1.84 bits per heavy atom. The lowest BCUT2D eigenvalue weighted by Crippen LogP contribution is -2.26. The summed E-state index contributed by atoms with van der Waals surface area (Å²) >= 11 is 6.39. The summed E-state index contributed by atoms with van der Waals surface area (Å²) in [6, 6.07) is 2.51. The molecule has 1 aromatic carbocycles. The highest BCUT2D eigenvalue weighted by molar-refractivity contribution is 7.95. The van der Waals surface area contributed by atoms with Crippen LogP contribution in [-0.4, -0.2) is 52.5 Å². The van der Waals surface area contributed by atoms with Gasteiger partial charge in [-0.1, -0.05) is 11.6 Å². The molecule has 2 aliphatic rings. The molecule has 8 nitrogen and oxygen atoms in total. The number of allylic oxidation sites excluding steroid dienone is 2. The molecule has 1 aliphatic carbocycles. The van der Waals surface area contributed by atoms with Gasteiger partial charge in [0.25, 0.3) is 0 Å². The molecule has 0 N–H and O–H groups in total. The molecular weight excluding hydrogens is 480 g/mol. The highest BCUT2D eigenvalue weighted by Gasteiger charge is 2.36.